The summed E-state index contributed by atoms with van der Waals surface area (Å²) in [6.45, 7) is 11.0. The Labute approximate surface area is 122 Å². The van der Waals surface area contributed by atoms with Crippen LogP contribution in [0, 0.1) is 0 Å². The van der Waals surface area contributed by atoms with Crippen LogP contribution in [0.5, 0.6) is 0 Å². The van der Waals surface area contributed by atoms with E-state index in [1.807, 2.05) is 0 Å². The van der Waals surface area contributed by atoms with Crippen LogP contribution in [0.4, 0.5) is 0 Å². The minimum atomic E-state index is -3.68. The fraction of sp³-hybridized carbons (Fsp3) is 0.923. The molecule has 0 amide bonds. The lowest BCUT2D eigenvalue weighted by atomic mass is 10.1. The highest BCUT2D eigenvalue weighted by Gasteiger charge is 2.41. The Bertz CT molecular complexity index is 460. The molecule has 0 aromatic carbocycles. The van der Waals surface area contributed by atoms with Gasteiger partial charge in [-0.15, -0.1) is 0 Å². The fourth-order valence-electron chi connectivity index (χ4n) is 2.08. The molecule has 1 atom stereocenters. The maximum absolute atomic E-state index is 12.3. The van der Waals surface area contributed by atoms with E-state index in [1.165, 1.54) is 4.31 Å². The Morgan fingerprint density at radius 1 is 1.20 bits per heavy atom. The van der Waals surface area contributed by atoms with Gasteiger partial charge >= 0.3 is 5.97 Å². The summed E-state index contributed by atoms with van der Waals surface area (Å²) in [5.41, 5.74) is -1.20. The quantitative estimate of drug-likeness (QED) is 0.800. The molecule has 0 aliphatic carbocycles. The lowest BCUT2D eigenvalue weighted by molar-refractivity contribution is -0.158. The fourth-order valence-corrected chi connectivity index (χ4v) is 3.87. The summed E-state index contributed by atoms with van der Waals surface area (Å²) < 4.78 is 33.8. The van der Waals surface area contributed by atoms with E-state index in [0.29, 0.717) is 19.4 Å². The van der Waals surface area contributed by atoms with Gasteiger partial charge in [-0.25, -0.2) is 0 Å². The number of carbonyl (C=O) groups excluding carboxylic acids is 1. The molecular weight excluding hydrogens is 280 g/mol. The number of hydrogen-bond acceptors (Lipinski definition) is 4. The summed E-state index contributed by atoms with van der Waals surface area (Å²) in [4.78, 5) is 12.1. The molecule has 0 saturated carbocycles. The number of esters is 1. The molecule has 1 aliphatic heterocycles. The highest BCUT2D eigenvalue weighted by atomic mass is 32.2. The standard InChI is InChI=1S/C13H26N2O4S/c1-12(2,3)14-20(17,18)15-9-7-8-10(15)11(16)19-13(4,5)6/h10,14H,7-9H2,1-6H3/t10-/m1/s1. The number of nitrogens with one attached hydrogen (secondary N) is 1. The van der Waals surface area contributed by atoms with Crippen molar-refractivity contribution < 1.29 is 17.9 Å². The molecule has 1 heterocycles. The second-order valence-corrected chi connectivity index (χ2v) is 8.78. The molecule has 6 nitrogen and oxygen atoms in total. The van der Waals surface area contributed by atoms with Crippen molar-refractivity contribution in [1.29, 1.82) is 0 Å². The van der Waals surface area contributed by atoms with Crippen LogP contribution in [0.1, 0.15) is 54.4 Å². The molecule has 1 fully saturated rings. The largest absolute Gasteiger partial charge is 0.459 e. The second kappa shape index (κ2) is 5.61. The molecule has 1 rings (SSSR count). The first-order valence-corrected chi connectivity index (χ1v) is 8.29. The van der Waals surface area contributed by atoms with E-state index in [-0.39, 0.29) is 0 Å². The molecule has 1 saturated heterocycles. The molecule has 0 unspecified atom stereocenters. The van der Waals surface area contributed by atoms with Crippen LogP contribution in [0.15, 0.2) is 0 Å². The molecule has 0 radical (unpaired) electrons. The highest BCUT2D eigenvalue weighted by Crippen LogP contribution is 2.24. The van der Waals surface area contributed by atoms with Crippen LogP contribution in [-0.2, 0) is 19.7 Å². The van der Waals surface area contributed by atoms with E-state index in [2.05, 4.69) is 4.72 Å². The smallest absolute Gasteiger partial charge is 0.325 e. The van der Waals surface area contributed by atoms with Gasteiger partial charge in [0.1, 0.15) is 11.6 Å². The van der Waals surface area contributed by atoms with Crippen molar-refractivity contribution in [3.8, 4) is 0 Å². The van der Waals surface area contributed by atoms with Crippen LogP contribution < -0.4 is 4.72 Å². The SMILES string of the molecule is CC(C)(C)NS(=O)(=O)N1CCC[C@@H]1C(=O)OC(C)(C)C. The second-order valence-electron chi connectivity index (χ2n) is 7.16. The molecule has 1 aliphatic rings. The van der Waals surface area contributed by atoms with Crippen LogP contribution in [-0.4, -0.2) is 42.4 Å². The summed E-state index contributed by atoms with van der Waals surface area (Å²) in [6, 6.07) is -0.728. The van der Waals surface area contributed by atoms with E-state index < -0.39 is 33.4 Å². The third-order valence-electron chi connectivity index (χ3n) is 2.63. The maximum Gasteiger partial charge on any atom is 0.325 e. The summed E-state index contributed by atoms with van der Waals surface area (Å²) in [6.07, 6.45) is 1.16. The average molecular weight is 306 g/mol. The van der Waals surface area contributed by atoms with Crippen molar-refractivity contribution in [3.05, 3.63) is 0 Å². The number of rotatable bonds is 3. The van der Waals surface area contributed by atoms with Gasteiger partial charge in [-0.05, 0) is 54.4 Å². The van der Waals surface area contributed by atoms with E-state index in [1.54, 1.807) is 41.5 Å². The molecule has 7 heteroatoms. The molecule has 1 N–H and O–H groups in total. The number of nitrogens with zero attached hydrogens (tertiary/aromatic N) is 1. The van der Waals surface area contributed by atoms with Crippen molar-refractivity contribution in [2.24, 2.45) is 0 Å². The molecule has 0 bridgehead atoms. The molecule has 0 aromatic heterocycles. The lowest BCUT2D eigenvalue weighted by Gasteiger charge is -2.29. The predicted octanol–water partition coefficient (Wildman–Crippen LogP) is 1.43. The molecule has 20 heavy (non-hydrogen) atoms. The van der Waals surface area contributed by atoms with Gasteiger partial charge in [0.15, 0.2) is 0 Å². The van der Waals surface area contributed by atoms with Crippen molar-refractivity contribution in [1.82, 2.24) is 9.03 Å². The maximum atomic E-state index is 12.3. The zero-order valence-corrected chi connectivity index (χ0v) is 14.0. The van der Waals surface area contributed by atoms with Gasteiger partial charge < -0.3 is 4.74 Å². The molecule has 118 valence electrons. The van der Waals surface area contributed by atoms with E-state index in [4.69, 9.17) is 4.74 Å². The van der Waals surface area contributed by atoms with Gasteiger partial charge in [-0.3, -0.25) is 4.79 Å². The predicted molar refractivity (Wildman–Crippen MR) is 77.4 cm³/mol. The van der Waals surface area contributed by atoms with Gasteiger partial charge in [0, 0.05) is 12.1 Å². The summed E-state index contributed by atoms with van der Waals surface area (Å²) in [5.74, 6) is -0.478. The van der Waals surface area contributed by atoms with Gasteiger partial charge in [-0.2, -0.15) is 17.4 Å². The van der Waals surface area contributed by atoms with Crippen molar-refractivity contribution in [3.63, 3.8) is 0 Å². The summed E-state index contributed by atoms with van der Waals surface area (Å²) >= 11 is 0. The Morgan fingerprint density at radius 2 is 1.75 bits per heavy atom. The van der Waals surface area contributed by atoms with Crippen LogP contribution in [0.3, 0.4) is 0 Å². The Balaban J connectivity index is 2.87. The van der Waals surface area contributed by atoms with Crippen LogP contribution in [0.2, 0.25) is 0 Å². The zero-order valence-electron chi connectivity index (χ0n) is 13.2. The van der Waals surface area contributed by atoms with Gasteiger partial charge in [0.05, 0.1) is 0 Å². The van der Waals surface area contributed by atoms with Gasteiger partial charge in [-0.1, -0.05) is 0 Å². The average Bonchev–Trinajstić information content (AvgIpc) is 2.58. The third kappa shape index (κ3) is 5.03. The van der Waals surface area contributed by atoms with Crippen molar-refractivity contribution in [2.75, 3.05) is 6.54 Å². The minimum absolute atomic E-state index is 0.343. The van der Waals surface area contributed by atoms with Crippen molar-refractivity contribution >= 4 is 16.2 Å². The van der Waals surface area contributed by atoms with E-state index >= 15 is 0 Å². The Kier molecular flexibility index (Phi) is 4.88. The number of ether oxygens (including phenoxy) is 1. The topological polar surface area (TPSA) is 75.7 Å². The van der Waals surface area contributed by atoms with Crippen LogP contribution >= 0.6 is 0 Å². The first kappa shape index (κ1) is 17.4. The highest BCUT2D eigenvalue weighted by molar-refractivity contribution is 7.87. The van der Waals surface area contributed by atoms with Gasteiger partial charge in [0.25, 0.3) is 10.2 Å². The van der Waals surface area contributed by atoms with E-state index in [0.717, 1.165) is 0 Å². The zero-order chi connectivity index (χ0) is 15.8. The summed E-state index contributed by atoms with van der Waals surface area (Å²) in [7, 11) is -3.68. The lowest BCUT2D eigenvalue weighted by Crippen LogP contribution is -2.52. The van der Waals surface area contributed by atoms with E-state index in [9.17, 15) is 13.2 Å². The third-order valence-corrected chi connectivity index (χ3v) is 4.55. The number of hydrogen-bond donors (Lipinski definition) is 1. The Hall–Kier alpha value is -0.660. The van der Waals surface area contributed by atoms with Gasteiger partial charge in [0.2, 0.25) is 0 Å². The molecule has 0 aromatic rings. The monoisotopic (exact) mass is 306 g/mol. The molecule has 0 spiro atoms. The first-order valence-electron chi connectivity index (χ1n) is 6.85. The molecular formula is C13H26N2O4S. The Morgan fingerprint density at radius 3 is 2.20 bits per heavy atom. The number of carbonyl (C=O) groups is 1. The minimum Gasteiger partial charge on any atom is -0.459 e. The summed E-state index contributed by atoms with van der Waals surface area (Å²) in [5, 5.41) is 0. The van der Waals surface area contributed by atoms with Crippen molar-refractivity contribution in [2.45, 2.75) is 71.6 Å². The first-order chi connectivity index (χ1) is 8.82. The normalized spacial score (nSPS) is 22.0. The van der Waals surface area contributed by atoms with Crippen LogP contribution in [0.25, 0.3) is 0 Å².